The largest absolute Gasteiger partial charge is 0.480 e. The smallest absolute Gasteiger partial charge is 0.321 e. The van der Waals surface area contributed by atoms with Crippen LogP contribution in [0.1, 0.15) is 33.1 Å². The highest BCUT2D eigenvalue weighted by atomic mass is 16.4. The lowest BCUT2D eigenvalue weighted by atomic mass is 9.94. The first-order valence-electron chi connectivity index (χ1n) is 7.33. The minimum absolute atomic E-state index is 0.0521. The Bertz CT molecular complexity index is 355. The molecule has 2 aliphatic rings. The Morgan fingerprint density at radius 1 is 1.26 bits per heavy atom. The van der Waals surface area contributed by atoms with Crippen molar-refractivity contribution in [3.05, 3.63) is 0 Å². The molecule has 2 fully saturated rings. The van der Waals surface area contributed by atoms with E-state index in [1.165, 1.54) is 0 Å². The summed E-state index contributed by atoms with van der Waals surface area (Å²) in [6.07, 6.45) is 3.25. The number of carbonyl (C=O) groups is 2. The second-order valence-electron chi connectivity index (χ2n) is 5.63. The number of fused-ring (bicyclic) bond motifs is 1. The molecule has 1 aliphatic carbocycles. The first-order valence-corrected chi connectivity index (χ1v) is 7.33. The Balaban J connectivity index is 2.03. The van der Waals surface area contributed by atoms with Crippen LogP contribution in [-0.4, -0.2) is 59.0 Å². The topological polar surface area (TPSA) is 60.9 Å². The molecule has 1 saturated carbocycles. The first-order chi connectivity index (χ1) is 9.08. The minimum Gasteiger partial charge on any atom is -0.480 e. The number of likely N-dealkylation sites (tertiary alicyclic amines) is 1. The van der Waals surface area contributed by atoms with E-state index in [0.717, 1.165) is 25.8 Å². The molecule has 3 atom stereocenters. The lowest BCUT2D eigenvalue weighted by Gasteiger charge is -2.26. The summed E-state index contributed by atoms with van der Waals surface area (Å²) < 4.78 is 0. The molecule has 0 aromatic rings. The third-order valence-corrected chi connectivity index (χ3v) is 4.69. The summed E-state index contributed by atoms with van der Waals surface area (Å²) in [6, 6.07) is -0.452. The van der Waals surface area contributed by atoms with Crippen molar-refractivity contribution >= 4 is 11.9 Å². The number of carbonyl (C=O) groups excluding carboxylic acids is 1. The van der Waals surface area contributed by atoms with Gasteiger partial charge in [-0.15, -0.1) is 0 Å². The van der Waals surface area contributed by atoms with E-state index >= 15 is 0 Å². The fourth-order valence-corrected chi connectivity index (χ4v) is 3.75. The molecule has 0 bridgehead atoms. The van der Waals surface area contributed by atoms with Crippen LogP contribution in [0, 0.1) is 11.8 Å². The predicted octanol–water partition coefficient (Wildman–Crippen LogP) is 1.04. The van der Waals surface area contributed by atoms with E-state index in [-0.39, 0.29) is 18.4 Å². The summed E-state index contributed by atoms with van der Waals surface area (Å²) in [7, 11) is 0. The Morgan fingerprint density at radius 2 is 1.95 bits per heavy atom. The summed E-state index contributed by atoms with van der Waals surface area (Å²) >= 11 is 0. The van der Waals surface area contributed by atoms with Gasteiger partial charge in [0, 0.05) is 19.6 Å². The molecule has 1 N–H and O–H groups in total. The van der Waals surface area contributed by atoms with Crippen LogP contribution in [0.4, 0.5) is 0 Å². The van der Waals surface area contributed by atoms with Crippen LogP contribution in [0.5, 0.6) is 0 Å². The number of likely N-dealkylation sites (N-methyl/N-ethyl adjacent to an activating group) is 1. The van der Waals surface area contributed by atoms with Gasteiger partial charge >= 0.3 is 5.97 Å². The highest BCUT2D eigenvalue weighted by molar-refractivity contribution is 5.80. The van der Waals surface area contributed by atoms with E-state index < -0.39 is 12.0 Å². The lowest BCUT2D eigenvalue weighted by molar-refractivity contribution is -0.144. The maximum atomic E-state index is 12.1. The van der Waals surface area contributed by atoms with Crippen molar-refractivity contribution in [2.75, 3.05) is 26.2 Å². The van der Waals surface area contributed by atoms with Crippen molar-refractivity contribution in [2.45, 2.75) is 39.2 Å². The van der Waals surface area contributed by atoms with Crippen molar-refractivity contribution in [1.29, 1.82) is 0 Å². The average Bonchev–Trinajstić information content (AvgIpc) is 2.89. The molecule has 0 aromatic heterocycles. The Kier molecular flexibility index (Phi) is 4.45. The number of hydrogen-bond acceptors (Lipinski definition) is 3. The number of carboxylic acids is 1. The van der Waals surface area contributed by atoms with Gasteiger partial charge in [-0.05, 0) is 38.5 Å². The SMILES string of the molecule is CCN(CC)C(=O)CN1CC2CCCC2C1C(=O)O. The highest BCUT2D eigenvalue weighted by Gasteiger charge is 2.48. The molecular weight excluding hydrogens is 244 g/mol. The molecule has 108 valence electrons. The fourth-order valence-electron chi connectivity index (χ4n) is 3.75. The van der Waals surface area contributed by atoms with Gasteiger partial charge in [0.15, 0.2) is 0 Å². The molecule has 0 spiro atoms. The van der Waals surface area contributed by atoms with Crippen molar-refractivity contribution < 1.29 is 14.7 Å². The van der Waals surface area contributed by atoms with E-state index in [1.54, 1.807) is 4.90 Å². The molecule has 2 rings (SSSR count). The fraction of sp³-hybridized carbons (Fsp3) is 0.857. The molecule has 5 heteroatoms. The quantitative estimate of drug-likeness (QED) is 0.809. The molecule has 19 heavy (non-hydrogen) atoms. The van der Waals surface area contributed by atoms with Crippen molar-refractivity contribution in [1.82, 2.24) is 9.80 Å². The van der Waals surface area contributed by atoms with Crippen LogP contribution in [0.2, 0.25) is 0 Å². The monoisotopic (exact) mass is 268 g/mol. The molecule has 5 nitrogen and oxygen atoms in total. The number of amides is 1. The Morgan fingerprint density at radius 3 is 2.53 bits per heavy atom. The van der Waals surface area contributed by atoms with Crippen molar-refractivity contribution in [3.63, 3.8) is 0 Å². The van der Waals surface area contributed by atoms with Gasteiger partial charge in [-0.3, -0.25) is 14.5 Å². The summed E-state index contributed by atoms with van der Waals surface area (Å²) in [5, 5.41) is 9.43. The summed E-state index contributed by atoms with van der Waals surface area (Å²) in [5.41, 5.74) is 0. The van der Waals surface area contributed by atoms with Crippen molar-refractivity contribution in [3.8, 4) is 0 Å². The zero-order chi connectivity index (χ0) is 14.0. The summed E-state index contributed by atoms with van der Waals surface area (Å²) in [6.45, 7) is 6.31. The van der Waals surface area contributed by atoms with E-state index in [9.17, 15) is 14.7 Å². The lowest BCUT2D eigenvalue weighted by Crippen LogP contribution is -2.46. The molecule has 1 amide bonds. The third kappa shape index (κ3) is 2.76. The van der Waals surface area contributed by atoms with Crippen LogP contribution in [0.3, 0.4) is 0 Å². The van der Waals surface area contributed by atoms with Crippen LogP contribution < -0.4 is 0 Å². The van der Waals surface area contributed by atoms with Gasteiger partial charge in [-0.1, -0.05) is 6.42 Å². The zero-order valence-electron chi connectivity index (χ0n) is 11.8. The molecule has 1 aliphatic heterocycles. The third-order valence-electron chi connectivity index (χ3n) is 4.69. The predicted molar refractivity (Wildman–Crippen MR) is 71.8 cm³/mol. The maximum absolute atomic E-state index is 12.1. The minimum atomic E-state index is -0.762. The van der Waals surface area contributed by atoms with Gasteiger partial charge in [-0.2, -0.15) is 0 Å². The van der Waals surface area contributed by atoms with E-state index in [2.05, 4.69) is 0 Å². The normalized spacial score (nSPS) is 30.3. The average molecular weight is 268 g/mol. The highest BCUT2D eigenvalue weighted by Crippen LogP contribution is 2.42. The van der Waals surface area contributed by atoms with Gasteiger partial charge in [0.25, 0.3) is 0 Å². The molecular formula is C14H24N2O3. The summed E-state index contributed by atoms with van der Waals surface area (Å²) in [4.78, 5) is 27.3. The number of rotatable bonds is 5. The van der Waals surface area contributed by atoms with Crippen molar-refractivity contribution in [2.24, 2.45) is 11.8 Å². The van der Waals surface area contributed by atoms with E-state index in [0.29, 0.717) is 19.0 Å². The van der Waals surface area contributed by atoms with Gasteiger partial charge in [0.05, 0.1) is 6.54 Å². The summed E-state index contributed by atoms with van der Waals surface area (Å²) in [5.74, 6) is 0.0191. The number of nitrogens with zero attached hydrogens (tertiary/aromatic N) is 2. The maximum Gasteiger partial charge on any atom is 0.321 e. The van der Waals surface area contributed by atoms with Crippen LogP contribution >= 0.6 is 0 Å². The molecule has 3 unspecified atom stereocenters. The Labute approximate surface area is 114 Å². The van der Waals surface area contributed by atoms with Gasteiger partial charge < -0.3 is 10.0 Å². The standard InChI is InChI=1S/C14H24N2O3/c1-3-15(4-2)12(17)9-16-8-10-6-5-7-11(10)13(16)14(18)19/h10-11,13H,3-9H2,1-2H3,(H,18,19). The first kappa shape index (κ1) is 14.3. The van der Waals surface area contributed by atoms with Crippen LogP contribution in [0.25, 0.3) is 0 Å². The number of carboxylic acid groups (broad SMARTS) is 1. The van der Waals surface area contributed by atoms with Gasteiger partial charge in [-0.25, -0.2) is 0 Å². The molecule has 1 heterocycles. The van der Waals surface area contributed by atoms with E-state index in [1.807, 2.05) is 18.7 Å². The Hall–Kier alpha value is -1.10. The second-order valence-corrected chi connectivity index (χ2v) is 5.63. The number of aliphatic carboxylic acids is 1. The number of hydrogen-bond donors (Lipinski definition) is 1. The second kappa shape index (κ2) is 5.90. The van der Waals surface area contributed by atoms with Gasteiger partial charge in [0.2, 0.25) is 5.91 Å². The van der Waals surface area contributed by atoms with Gasteiger partial charge in [0.1, 0.15) is 6.04 Å². The van der Waals surface area contributed by atoms with E-state index in [4.69, 9.17) is 0 Å². The van der Waals surface area contributed by atoms with Crippen LogP contribution in [0.15, 0.2) is 0 Å². The zero-order valence-corrected chi connectivity index (χ0v) is 11.8. The molecule has 0 aromatic carbocycles. The molecule has 0 radical (unpaired) electrons. The van der Waals surface area contributed by atoms with Crippen LogP contribution in [-0.2, 0) is 9.59 Å². The molecule has 1 saturated heterocycles.